The van der Waals surface area contributed by atoms with E-state index in [1.54, 1.807) is 0 Å². The quantitative estimate of drug-likeness (QED) is 0.592. The maximum atomic E-state index is 11.4. The van der Waals surface area contributed by atoms with Crippen LogP contribution in [0, 0.1) is 0 Å². The van der Waals surface area contributed by atoms with Gasteiger partial charge in [0.1, 0.15) is 0 Å². The molecule has 0 unspecified atom stereocenters. The van der Waals surface area contributed by atoms with E-state index in [1.165, 1.54) is 6.92 Å². The van der Waals surface area contributed by atoms with Crippen molar-refractivity contribution < 1.29 is 15.0 Å². The molecule has 5 heteroatoms. The van der Waals surface area contributed by atoms with Gasteiger partial charge >= 0.3 is 6.03 Å². The number of hydrogen-bond donors (Lipinski definition) is 4. The van der Waals surface area contributed by atoms with Crippen LogP contribution in [0.4, 0.5) is 4.79 Å². The molecule has 4 N–H and O–H groups in total. The summed E-state index contributed by atoms with van der Waals surface area (Å²) in [5, 5.41) is 23.3. The Bertz CT molecular complexity index is 341. The molecule has 1 rings (SSSR count). The Morgan fingerprint density at radius 3 is 2.53 bits per heavy atom. The molecule has 2 atom stereocenters. The molecule has 1 aromatic carbocycles. The summed E-state index contributed by atoms with van der Waals surface area (Å²) in [6.45, 7) is 1.62. The Morgan fingerprint density at radius 1 is 1.35 bits per heavy atom. The lowest BCUT2D eigenvalue weighted by Crippen LogP contribution is -2.48. The van der Waals surface area contributed by atoms with Crippen molar-refractivity contribution in [1.29, 1.82) is 0 Å². The fourth-order valence-electron chi connectivity index (χ4n) is 1.32. The smallest absolute Gasteiger partial charge is 0.315 e. The molecule has 2 amide bonds. The zero-order valence-electron chi connectivity index (χ0n) is 9.76. The number of carbonyl (C=O) groups is 1. The minimum atomic E-state index is -0.789. The second-order valence-corrected chi connectivity index (χ2v) is 3.84. The summed E-state index contributed by atoms with van der Waals surface area (Å²) in [4.78, 5) is 11.4. The largest absolute Gasteiger partial charge is 0.394 e. The summed E-state index contributed by atoms with van der Waals surface area (Å²) in [6.07, 6.45) is -0.789. The maximum absolute atomic E-state index is 11.4. The highest BCUT2D eigenvalue weighted by atomic mass is 16.3. The van der Waals surface area contributed by atoms with E-state index in [0.29, 0.717) is 6.54 Å². The van der Waals surface area contributed by atoms with E-state index in [2.05, 4.69) is 10.6 Å². The lowest BCUT2D eigenvalue weighted by Gasteiger charge is -2.19. The van der Waals surface area contributed by atoms with Gasteiger partial charge in [-0.05, 0) is 12.5 Å². The highest BCUT2D eigenvalue weighted by Gasteiger charge is 2.15. The number of amides is 2. The van der Waals surface area contributed by atoms with Crippen LogP contribution in [0.1, 0.15) is 12.5 Å². The van der Waals surface area contributed by atoms with Gasteiger partial charge in [-0.2, -0.15) is 0 Å². The molecular formula is C12H18N2O3. The molecule has 0 saturated carbocycles. The Labute approximate surface area is 100 Å². The van der Waals surface area contributed by atoms with Gasteiger partial charge < -0.3 is 20.8 Å². The number of aliphatic hydroxyl groups is 2. The second kappa shape index (κ2) is 6.88. The van der Waals surface area contributed by atoms with Crippen LogP contribution in [0.5, 0.6) is 0 Å². The van der Waals surface area contributed by atoms with Crippen molar-refractivity contribution in [2.24, 2.45) is 0 Å². The van der Waals surface area contributed by atoms with Gasteiger partial charge in [0.25, 0.3) is 0 Å². The third-order valence-corrected chi connectivity index (χ3v) is 2.39. The molecule has 0 aliphatic rings. The van der Waals surface area contributed by atoms with Gasteiger partial charge in [-0.3, -0.25) is 0 Å². The minimum Gasteiger partial charge on any atom is -0.394 e. The number of carbonyl (C=O) groups excluding carboxylic acids is 1. The van der Waals surface area contributed by atoms with Crippen LogP contribution in [0.25, 0.3) is 0 Å². The summed E-state index contributed by atoms with van der Waals surface area (Å²) in [7, 11) is 0. The van der Waals surface area contributed by atoms with Crippen molar-refractivity contribution in [2.45, 2.75) is 25.6 Å². The Balaban J connectivity index is 2.35. The first kappa shape index (κ1) is 13.5. The van der Waals surface area contributed by atoms with Crippen LogP contribution in [0.15, 0.2) is 30.3 Å². The summed E-state index contributed by atoms with van der Waals surface area (Å²) >= 11 is 0. The van der Waals surface area contributed by atoms with E-state index in [1.807, 2.05) is 30.3 Å². The number of hydrogen-bond acceptors (Lipinski definition) is 3. The van der Waals surface area contributed by atoms with E-state index in [4.69, 9.17) is 5.11 Å². The predicted octanol–water partition coefficient (Wildman–Crippen LogP) is 0.227. The molecule has 0 bridgehead atoms. The number of benzene rings is 1. The average Bonchev–Trinajstić information content (AvgIpc) is 2.34. The van der Waals surface area contributed by atoms with Gasteiger partial charge in [-0.15, -0.1) is 0 Å². The molecule has 0 heterocycles. The minimum absolute atomic E-state index is 0.295. The average molecular weight is 238 g/mol. The first-order chi connectivity index (χ1) is 8.13. The highest BCUT2D eigenvalue weighted by molar-refractivity contribution is 5.74. The molecule has 0 aliphatic heterocycles. The zero-order chi connectivity index (χ0) is 12.7. The Morgan fingerprint density at radius 2 is 2.00 bits per heavy atom. The SMILES string of the molecule is C[C@@H](O)[C@@H](CO)NC(=O)NCc1ccccc1. The Kier molecular flexibility index (Phi) is 5.45. The highest BCUT2D eigenvalue weighted by Crippen LogP contribution is 1.97. The zero-order valence-corrected chi connectivity index (χ0v) is 9.76. The number of urea groups is 1. The predicted molar refractivity (Wildman–Crippen MR) is 64.4 cm³/mol. The first-order valence-corrected chi connectivity index (χ1v) is 5.50. The molecule has 0 spiro atoms. The first-order valence-electron chi connectivity index (χ1n) is 5.50. The standard InChI is InChI=1S/C12H18N2O3/c1-9(16)11(8-15)14-12(17)13-7-10-5-3-2-4-6-10/h2-6,9,11,15-16H,7-8H2,1H3,(H2,13,14,17)/t9-,11-/m1/s1. The van der Waals surface area contributed by atoms with Crippen LogP contribution in [-0.4, -0.2) is 35.0 Å². The lowest BCUT2D eigenvalue weighted by molar-refractivity contribution is 0.107. The van der Waals surface area contributed by atoms with Crippen molar-refractivity contribution in [2.75, 3.05) is 6.61 Å². The van der Waals surface area contributed by atoms with Crippen molar-refractivity contribution in [1.82, 2.24) is 10.6 Å². The molecule has 0 aromatic heterocycles. The van der Waals surface area contributed by atoms with E-state index >= 15 is 0 Å². The molecule has 0 radical (unpaired) electrons. The van der Waals surface area contributed by atoms with E-state index in [0.717, 1.165) is 5.56 Å². The molecule has 0 saturated heterocycles. The molecular weight excluding hydrogens is 220 g/mol. The monoisotopic (exact) mass is 238 g/mol. The molecule has 94 valence electrons. The van der Waals surface area contributed by atoms with Crippen LogP contribution < -0.4 is 10.6 Å². The van der Waals surface area contributed by atoms with Gasteiger partial charge in [0, 0.05) is 6.54 Å². The number of rotatable bonds is 5. The second-order valence-electron chi connectivity index (χ2n) is 3.84. The molecule has 0 fully saturated rings. The van der Waals surface area contributed by atoms with Gasteiger partial charge in [-0.25, -0.2) is 4.79 Å². The lowest BCUT2D eigenvalue weighted by atomic mass is 10.2. The van der Waals surface area contributed by atoms with E-state index < -0.39 is 18.2 Å². The van der Waals surface area contributed by atoms with Gasteiger partial charge in [-0.1, -0.05) is 30.3 Å². The number of aliphatic hydroxyl groups excluding tert-OH is 2. The fraction of sp³-hybridized carbons (Fsp3) is 0.417. The number of nitrogens with one attached hydrogen (secondary N) is 2. The van der Waals surface area contributed by atoms with Crippen LogP contribution in [0.3, 0.4) is 0 Å². The summed E-state index contributed by atoms with van der Waals surface area (Å²) in [6, 6.07) is 8.43. The van der Waals surface area contributed by atoms with Crippen molar-refractivity contribution in [3.8, 4) is 0 Å². The molecule has 0 aliphatic carbocycles. The van der Waals surface area contributed by atoms with Gasteiger partial charge in [0.15, 0.2) is 0 Å². The normalized spacial score (nSPS) is 13.8. The van der Waals surface area contributed by atoms with Crippen molar-refractivity contribution >= 4 is 6.03 Å². The third kappa shape index (κ3) is 4.84. The molecule has 17 heavy (non-hydrogen) atoms. The maximum Gasteiger partial charge on any atom is 0.315 e. The van der Waals surface area contributed by atoms with Crippen molar-refractivity contribution in [3.05, 3.63) is 35.9 Å². The van der Waals surface area contributed by atoms with E-state index in [9.17, 15) is 9.90 Å². The summed E-state index contributed by atoms with van der Waals surface area (Å²) < 4.78 is 0. The Hall–Kier alpha value is -1.59. The summed E-state index contributed by atoms with van der Waals surface area (Å²) in [5.41, 5.74) is 0.986. The van der Waals surface area contributed by atoms with Crippen molar-refractivity contribution in [3.63, 3.8) is 0 Å². The van der Waals surface area contributed by atoms with Gasteiger partial charge in [0.2, 0.25) is 0 Å². The van der Waals surface area contributed by atoms with E-state index in [-0.39, 0.29) is 6.61 Å². The third-order valence-electron chi connectivity index (χ3n) is 2.39. The van der Waals surface area contributed by atoms with Crippen LogP contribution >= 0.6 is 0 Å². The molecule has 1 aromatic rings. The topological polar surface area (TPSA) is 81.6 Å². The summed E-state index contributed by atoms with van der Waals surface area (Å²) in [5.74, 6) is 0. The van der Waals surface area contributed by atoms with Crippen LogP contribution in [-0.2, 0) is 6.54 Å². The fourth-order valence-corrected chi connectivity index (χ4v) is 1.32. The van der Waals surface area contributed by atoms with Crippen LogP contribution in [0.2, 0.25) is 0 Å². The van der Waals surface area contributed by atoms with Gasteiger partial charge in [0.05, 0.1) is 18.8 Å². The molecule has 5 nitrogen and oxygen atoms in total.